The summed E-state index contributed by atoms with van der Waals surface area (Å²) in [7, 11) is 1.85. The molecule has 3 aromatic rings. The second-order valence-corrected chi connectivity index (χ2v) is 8.04. The van der Waals surface area contributed by atoms with Crippen LogP contribution in [0.5, 0.6) is 0 Å². The molecule has 2 aromatic carbocycles. The smallest absolute Gasteiger partial charge is 0.262 e. The summed E-state index contributed by atoms with van der Waals surface area (Å²) < 4.78 is 28.4. The van der Waals surface area contributed by atoms with Gasteiger partial charge in [-0.15, -0.1) is 0 Å². The fourth-order valence-electron chi connectivity index (χ4n) is 3.68. The molecule has 0 aliphatic carbocycles. The van der Waals surface area contributed by atoms with Gasteiger partial charge in [0.25, 0.3) is 6.43 Å². The third-order valence-electron chi connectivity index (χ3n) is 5.37. The van der Waals surface area contributed by atoms with E-state index in [9.17, 15) is 8.78 Å². The van der Waals surface area contributed by atoms with Crippen molar-refractivity contribution >= 4 is 23.0 Å². The van der Waals surface area contributed by atoms with Gasteiger partial charge in [-0.25, -0.2) is 8.78 Å². The van der Waals surface area contributed by atoms with Crippen molar-refractivity contribution in [3.8, 4) is 17.3 Å². The summed E-state index contributed by atoms with van der Waals surface area (Å²) in [6.45, 7) is 8.01. The molecule has 176 valence electrons. The predicted octanol–water partition coefficient (Wildman–Crippen LogP) is 5.50. The maximum absolute atomic E-state index is 13.5. The Bertz CT molecular complexity index is 1210. The van der Waals surface area contributed by atoms with E-state index in [0.717, 1.165) is 5.69 Å². The Kier molecular flexibility index (Phi) is 7.92. The molecule has 1 unspecified atom stereocenters. The zero-order valence-electron chi connectivity index (χ0n) is 18.7. The van der Waals surface area contributed by atoms with Crippen LogP contribution in [0.15, 0.2) is 67.9 Å². The van der Waals surface area contributed by atoms with Gasteiger partial charge in [0, 0.05) is 41.1 Å². The first-order valence-electron chi connectivity index (χ1n) is 10.4. The number of nitrogens with two attached hydrogens (primary N) is 1. The van der Waals surface area contributed by atoms with E-state index < -0.39 is 12.5 Å². The van der Waals surface area contributed by atoms with Gasteiger partial charge in [-0.05, 0) is 42.6 Å². The molecule has 0 saturated heterocycles. The van der Waals surface area contributed by atoms with Crippen molar-refractivity contribution in [1.82, 2.24) is 14.7 Å². The van der Waals surface area contributed by atoms with E-state index in [1.807, 2.05) is 25.2 Å². The van der Waals surface area contributed by atoms with Crippen molar-refractivity contribution in [2.45, 2.75) is 19.0 Å². The molecule has 1 aliphatic rings. The van der Waals surface area contributed by atoms with E-state index in [4.69, 9.17) is 22.6 Å². The van der Waals surface area contributed by atoms with Crippen LogP contribution in [-0.2, 0) is 6.54 Å². The second-order valence-electron chi connectivity index (χ2n) is 7.60. The van der Waals surface area contributed by atoms with Gasteiger partial charge in [0.2, 0.25) is 0 Å². The van der Waals surface area contributed by atoms with Crippen molar-refractivity contribution in [3.05, 3.63) is 89.7 Å². The lowest BCUT2D eigenvalue weighted by Gasteiger charge is -2.33. The van der Waals surface area contributed by atoms with Crippen LogP contribution in [0.1, 0.15) is 22.9 Å². The van der Waals surface area contributed by atoms with Crippen molar-refractivity contribution in [3.63, 3.8) is 0 Å². The molecule has 6 nitrogen and oxygen atoms in total. The fourth-order valence-corrected chi connectivity index (χ4v) is 3.87. The molecule has 0 spiro atoms. The van der Waals surface area contributed by atoms with Gasteiger partial charge in [-0.2, -0.15) is 10.4 Å². The minimum atomic E-state index is -2.56. The number of fused-ring (bicyclic) bond motifs is 1. The first-order valence-corrected chi connectivity index (χ1v) is 10.8. The van der Waals surface area contributed by atoms with Crippen LogP contribution in [0.4, 0.5) is 14.5 Å². The highest BCUT2D eigenvalue weighted by Crippen LogP contribution is 2.36. The third-order valence-corrected chi connectivity index (χ3v) is 5.60. The van der Waals surface area contributed by atoms with Crippen LogP contribution in [0.25, 0.3) is 17.0 Å². The molecule has 0 bridgehead atoms. The summed E-state index contributed by atoms with van der Waals surface area (Å²) in [5.74, 6) is 0. The van der Waals surface area contributed by atoms with Crippen molar-refractivity contribution < 1.29 is 8.78 Å². The maximum atomic E-state index is 13.5. The Hall–Kier alpha value is -3.83. The lowest BCUT2D eigenvalue weighted by Crippen LogP contribution is -2.38. The summed E-state index contributed by atoms with van der Waals surface area (Å²) in [5, 5.41) is 16.4. The fraction of sp³-hybridized carbons (Fsp3) is 0.200. The Morgan fingerprint density at radius 3 is 2.56 bits per heavy atom. The Labute approximate surface area is 202 Å². The average molecular weight is 483 g/mol. The van der Waals surface area contributed by atoms with E-state index in [0.29, 0.717) is 39.6 Å². The number of aromatic nitrogens is 2. The number of rotatable bonds is 5. The number of alkyl halides is 2. The van der Waals surface area contributed by atoms with Gasteiger partial charge < -0.3 is 16.0 Å². The maximum Gasteiger partial charge on any atom is 0.262 e. The third kappa shape index (κ3) is 5.38. The van der Waals surface area contributed by atoms with E-state index in [1.54, 1.807) is 41.4 Å². The normalized spacial score (nSPS) is 14.5. The number of hydrogen-bond acceptors (Lipinski definition) is 5. The monoisotopic (exact) mass is 482 g/mol. The molecule has 0 saturated carbocycles. The van der Waals surface area contributed by atoms with Crippen molar-refractivity contribution in [2.75, 3.05) is 18.9 Å². The van der Waals surface area contributed by atoms with Crippen LogP contribution in [0.2, 0.25) is 5.02 Å². The molecule has 0 fully saturated rings. The Balaban J connectivity index is 0.000000271. The summed E-state index contributed by atoms with van der Waals surface area (Å²) in [4.78, 5) is 1.72. The topological polar surface area (TPSA) is 82.9 Å². The zero-order chi connectivity index (χ0) is 24.8. The first kappa shape index (κ1) is 24.8. The summed E-state index contributed by atoms with van der Waals surface area (Å²) in [6, 6.07) is 15.3. The van der Waals surface area contributed by atoms with Gasteiger partial charge in [0.05, 0.1) is 23.9 Å². The van der Waals surface area contributed by atoms with E-state index in [1.165, 1.54) is 4.68 Å². The molecular weight excluding hydrogens is 458 g/mol. The molecule has 9 heteroatoms. The molecular formula is C25H25ClF2N6. The largest absolute Gasteiger partial charge is 0.399 e. The number of halogens is 3. The molecule has 4 rings (SSSR count). The minimum absolute atomic E-state index is 0.140. The van der Waals surface area contributed by atoms with Crippen LogP contribution >= 0.6 is 11.6 Å². The zero-order valence-corrected chi connectivity index (χ0v) is 19.4. The standard InChI is InChI=1S/C17H17ClF2N4.C8H8N2/c1-3-23-8-13-15(10(2)21)16(11-5-4-6-12(18)7-11)22-24(13)14(9-23)17(19)20;1-10-8-4-2-7(6-9)3-5-8/h3-7,14,17H,1-2,8-9,21H2;2-5,10H,1H3. The van der Waals surface area contributed by atoms with Crippen molar-refractivity contribution in [1.29, 1.82) is 5.26 Å². The van der Waals surface area contributed by atoms with E-state index >= 15 is 0 Å². The van der Waals surface area contributed by atoms with E-state index in [-0.39, 0.29) is 12.2 Å². The highest BCUT2D eigenvalue weighted by atomic mass is 35.5. The van der Waals surface area contributed by atoms with Gasteiger partial charge in [0.15, 0.2) is 0 Å². The van der Waals surface area contributed by atoms with Gasteiger partial charge in [-0.3, -0.25) is 4.68 Å². The summed E-state index contributed by atoms with van der Waals surface area (Å²) >= 11 is 6.05. The molecule has 34 heavy (non-hydrogen) atoms. The highest BCUT2D eigenvalue weighted by Gasteiger charge is 2.35. The number of nitrogens with one attached hydrogen (secondary N) is 1. The summed E-state index contributed by atoms with van der Waals surface area (Å²) in [5.41, 5.74) is 10.4. The Morgan fingerprint density at radius 1 is 1.32 bits per heavy atom. The van der Waals surface area contributed by atoms with Gasteiger partial charge >= 0.3 is 0 Å². The highest BCUT2D eigenvalue weighted by molar-refractivity contribution is 6.30. The number of anilines is 1. The second kappa shape index (κ2) is 10.9. The minimum Gasteiger partial charge on any atom is -0.399 e. The van der Waals surface area contributed by atoms with E-state index in [2.05, 4.69) is 29.6 Å². The Morgan fingerprint density at radius 2 is 2.03 bits per heavy atom. The van der Waals surface area contributed by atoms with Crippen LogP contribution < -0.4 is 11.1 Å². The molecule has 3 N–H and O–H groups in total. The molecule has 0 amide bonds. The molecule has 2 heterocycles. The lowest BCUT2D eigenvalue weighted by atomic mass is 10.0. The molecule has 1 aliphatic heterocycles. The molecule has 1 atom stereocenters. The quantitative estimate of drug-likeness (QED) is 0.502. The van der Waals surface area contributed by atoms with Gasteiger partial charge in [-0.1, -0.05) is 36.9 Å². The predicted molar refractivity (Wildman–Crippen MR) is 132 cm³/mol. The lowest BCUT2D eigenvalue weighted by molar-refractivity contribution is 0.0456. The van der Waals surface area contributed by atoms with Crippen LogP contribution in [0.3, 0.4) is 0 Å². The number of hydrogen-bond donors (Lipinski definition) is 2. The number of benzene rings is 2. The molecule has 0 radical (unpaired) electrons. The number of nitrogens with zero attached hydrogens (tertiary/aromatic N) is 4. The SMILES string of the molecule is C=CN1Cc2c(C(=C)N)c(-c3cccc(Cl)c3)nn2C(C(F)F)C1.CNc1ccc(C#N)cc1. The first-order chi connectivity index (χ1) is 16.3. The number of nitriles is 1. The average Bonchev–Trinajstić information content (AvgIpc) is 3.23. The van der Waals surface area contributed by atoms with Crippen LogP contribution in [0, 0.1) is 11.3 Å². The van der Waals surface area contributed by atoms with Crippen molar-refractivity contribution in [2.24, 2.45) is 5.73 Å². The molecule has 1 aromatic heterocycles. The van der Waals surface area contributed by atoms with Gasteiger partial charge in [0.1, 0.15) is 11.7 Å². The van der Waals surface area contributed by atoms with Crippen LogP contribution in [-0.4, -0.2) is 34.7 Å². The summed E-state index contributed by atoms with van der Waals surface area (Å²) in [6.07, 6.45) is -1.01.